The second-order valence-electron chi connectivity index (χ2n) is 5.52. The van der Waals surface area contributed by atoms with E-state index in [4.69, 9.17) is 21.6 Å². The van der Waals surface area contributed by atoms with Gasteiger partial charge in [-0.15, -0.1) is 0 Å². The van der Waals surface area contributed by atoms with Gasteiger partial charge in [0.05, 0.1) is 28.2 Å². The molecule has 23 heavy (non-hydrogen) atoms. The van der Waals surface area contributed by atoms with Crippen LogP contribution in [0.25, 0.3) is 0 Å². The monoisotopic (exact) mass is 356 g/mol. The minimum atomic E-state index is -3.06. The third kappa shape index (κ3) is 4.15. The number of hydrogen-bond donors (Lipinski definition) is 0. The Morgan fingerprint density at radius 2 is 2.22 bits per heavy atom. The van der Waals surface area contributed by atoms with Gasteiger partial charge in [-0.2, -0.15) is 5.26 Å². The summed E-state index contributed by atoms with van der Waals surface area (Å²) >= 11 is 6.02. The summed E-state index contributed by atoms with van der Waals surface area (Å²) in [5, 5.41) is 9.05. The van der Waals surface area contributed by atoms with Crippen molar-refractivity contribution >= 4 is 27.3 Å². The normalized spacial score (nSPS) is 20.5. The minimum absolute atomic E-state index is 0.0143. The van der Waals surface area contributed by atoms with Gasteiger partial charge in [0, 0.05) is 13.1 Å². The molecule has 0 unspecified atom stereocenters. The molecule has 1 fully saturated rings. The summed E-state index contributed by atoms with van der Waals surface area (Å²) in [7, 11) is -1.48. The molecule has 0 saturated carbocycles. The second-order valence-corrected chi connectivity index (χ2v) is 8.16. The van der Waals surface area contributed by atoms with Gasteiger partial charge in [-0.3, -0.25) is 4.79 Å². The zero-order valence-electron chi connectivity index (χ0n) is 12.8. The number of nitriles is 1. The highest BCUT2D eigenvalue weighted by atomic mass is 35.5. The maximum absolute atomic E-state index is 12.4. The summed E-state index contributed by atoms with van der Waals surface area (Å²) in [6.45, 7) is 1.58. The first kappa shape index (κ1) is 17.6. The van der Waals surface area contributed by atoms with Crippen molar-refractivity contribution < 1.29 is 17.9 Å². The standard InChI is InChI=1S/C15H17ClN2O4S/c1-10(22-14-4-3-11(8-17)7-13(14)16)15(19)18(2)12-5-6-23(20,21)9-12/h3-4,7,10,12H,5-6,9H2,1-2H3/t10-,12+/m1/s1. The zero-order valence-corrected chi connectivity index (χ0v) is 14.4. The Bertz CT molecular complexity index is 757. The van der Waals surface area contributed by atoms with Gasteiger partial charge in [0.1, 0.15) is 5.75 Å². The fraction of sp³-hybridized carbons (Fsp3) is 0.467. The molecule has 1 aromatic carbocycles. The highest BCUT2D eigenvalue weighted by molar-refractivity contribution is 7.91. The topological polar surface area (TPSA) is 87.5 Å². The highest BCUT2D eigenvalue weighted by Gasteiger charge is 2.34. The van der Waals surface area contributed by atoms with Crippen molar-refractivity contribution in [3.8, 4) is 11.8 Å². The lowest BCUT2D eigenvalue weighted by Crippen LogP contribution is -2.44. The lowest BCUT2D eigenvalue weighted by atomic mass is 10.2. The first-order valence-corrected chi connectivity index (χ1v) is 9.27. The molecule has 1 saturated heterocycles. The zero-order chi connectivity index (χ0) is 17.2. The number of hydrogen-bond acceptors (Lipinski definition) is 5. The number of carbonyl (C=O) groups is 1. The van der Waals surface area contributed by atoms with Crippen LogP contribution in [0.4, 0.5) is 0 Å². The van der Waals surface area contributed by atoms with Gasteiger partial charge in [-0.1, -0.05) is 11.6 Å². The number of ether oxygens (including phenoxy) is 1. The third-order valence-corrected chi connectivity index (χ3v) is 5.86. The molecule has 0 aromatic heterocycles. The molecule has 0 bridgehead atoms. The Hall–Kier alpha value is -1.78. The predicted octanol–water partition coefficient (Wildman–Crippen LogP) is 1.62. The second kappa shape index (κ2) is 6.77. The maximum Gasteiger partial charge on any atom is 0.263 e. The van der Waals surface area contributed by atoms with Crippen molar-refractivity contribution in [3.63, 3.8) is 0 Å². The van der Waals surface area contributed by atoms with Gasteiger partial charge in [0.25, 0.3) is 5.91 Å². The fourth-order valence-electron chi connectivity index (χ4n) is 2.45. The first-order valence-electron chi connectivity index (χ1n) is 7.07. The van der Waals surface area contributed by atoms with Crippen LogP contribution in [0.15, 0.2) is 18.2 Å². The van der Waals surface area contributed by atoms with Crippen LogP contribution in [-0.4, -0.2) is 49.9 Å². The van der Waals surface area contributed by atoms with Crippen LogP contribution in [0, 0.1) is 11.3 Å². The average molecular weight is 357 g/mol. The maximum atomic E-state index is 12.4. The summed E-state index contributed by atoms with van der Waals surface area (Å²) in [5.41, 5.74) is 0.398. The number of carbonyl (C=O) groups excluding carboxylic acids is 1. The molecule has 0 aliphatic carbocycles. The molecule has 8 heteroatoms. The lowest BCUT2D eigenvalue weighted by molar-refractivity contribution is -0.138. The number of sulfone groups is 1. The van der Waals surface area contributed by atoms with E-state index in [2.05, 4.69) is 0 Å². The smallest absolute Gasteiger partial charge is 0.263 e. The van der Waals surface area contributed by atoms with E-state index in [1.54, 1.807) is 20.0 Å². The summed E-state index contributed by atoms with van der Waals surface area (Å²) in [4.78, 5) is 13.8. The largest absolute Gasteiger partial charge is 0.479 e. The van der Waals surface area contributed by atoms with Gasteiger partial charge >= 0.3 is 0 Å². The summed E-state index contributed by atoms with van der Waals surface area (Å²) in [5.74, 6) is 0.0810. The summed E-state index contributed by atoms with van der Waals surface area (Å²) in [6.07, 6.45) is -0.372. The van der Waals surface area contributed by atoms with Crippen LogP contribution in [-0.2, 0) is 14.6 Å². The van der Waals surface area contributed by atoms with E-state index in [1.165, 1.54) is 17.0 Å². The molecule has 1 aromatic rings. The van der Waals surface area contributed by atoms with Crippen LogP contribution in [0.5, 0.6) is 5.75 Å². The quantitative estimate of drug-likeness (QED) is 0.818. The van der Waals surface area contributed by atoms with E-state index in [-0.39, 0.29) is 28.5 Å². The van der Waals surface area contributed by atoms with Crippen LogP contribution in [0.3, 0.4) is 0 Å². The Kier molecular flexibility index (Phi) is 5.17. The van der Waals surface area contributed by atoms with Crippen LogP contribution < -0.4 is 4.74 Å². The van der Waals surface area contributed by atoms with Gasteiger partial charge < -0.3 is 9.64 Å². The number of halogens is 1. The molecule has 0 spiro atoms. The Morgan fingerprint density at radius 1 is 1.52 bits per heavy atom. The van der Waals surface area contributed by atoms with E-state index in [1.807, 2.05) is 6.07 Å². The van der Waals surface area contributed by atoms with Gasteiger partial charge in [0.15, 0.2) is 15.9 Å². The molecule has 1 aliphatic heterocycles. The van der Waals surface area contributed by atoms with Crippen molar-refractivity contribution in [3.05, 3.63) is 28.8 Å². The van der Waals surface area contributed by atoms with Crippen molar-refractivity contribution in [2.75, 3.05) is 18.6 Å². The first-order chi connectivity index (χ1) is 10.7. The van der Waals surface area contributed by atoms with Crippen molar-refractivity contribution in [1.29, 1.82) is 5.26 Å². The number of nitrogens with zero attached hydrogens (tertiary/aromatic N) is 2. The van der Waals surface area contributed by atoms with E-state index < -0.39 is 15.9 Å². The summed E-state index contributed by atoms with van der Waals surface area (Å²) in [6, 6.07) is 6.18. The van der Waals surface area contributed by atoms with Crippen LogP contribution in [0.2, 0.25) is 5.02 Å². The predicted molar refractivity (Wildman–Crippen MR) is 86.1 cm³/mol. The number of benzene rings is 1. The van der Waals surface area contributed by atoms with E-state index in [0.717, 1.165) is 0 Å². The van der Waals surface area contributed by atoms with Gasteiger partial charge in [-0.25, -0.2) is 8.42 Å². The third-order valence-electron chi connectivity index (χ3n) is 3.82. The van der Waals surface area contributed by atoms with E-state index in [9.17, 15) is 13.2 Å². The average Bonchev–Trinajstić information content (AvgIpc) is 2.87. The SMILES string of the molecule is C[C@@H](Oc1ccc(C#N)cc1Cl)C(=O)N(C)[C@H]1CCS(=O)(=O)C1. The van der Waals surface area contributed by atoms with Crippen LogP contribution >= 0.6 is 11.6 Å². The molecule has 1 heterocycles. The van der Waals surface area contributed by atoms with E-state index >= 15 is 0 Å². The molecule has 2 atom stereocenters. The highest BCUT2D eigenvalue weighted by Crippen LogP contribution is 2.27. The molecule has 1 amide bonds. The number of rotatable bonds is 4. The lowest BCUT2D eigenvalue weighted by Gasteiger charge is -2.27. The van der Waals surface area contributed by atoms with Crippen LogP contribution in [0.1, 0.15) is 18.9 Å². The summed E-state index contributed by atoms with van der Waals surface area (Å²) < 4.78 is 28.6. The number of likely N-dealkylation sites (N-methyl/N-ethyl adjacent to an activating group) is 1. The van der Waals surface area contributed by atoms with Crippen molar-refractivity contribution in [2.45, 2.75) is 25.5 Å². The molecule has 6 nitrogen and oxygen atoms in total. The molecular formula is C15H17ClN2O4S. The molecule has 0 N–H and O–H groups in total. The van der Waals surface area contributed by atoms with E-state index in [0.29, 0.717) is 17.7 Å². The Morgan fingerprint density at radius 3 is 2.74 bits per heavy atom. The van der Waals surface area contributed by atoms with Crippen molar-refractivity contribution in [2.24, 2.45) is 0 Å². The number of amides is 1. The van der Waals surface area contributed by atoms with Gasteiger partial charge in [0.2, 0.25) is 0 Å². The Labute approximate surface area is 140 Å². The molecular weight excluding hydrogens is 340 g/mol. The molecule has 2 rings (SSSR count). The van der Waals surface area contributed by atoms with Crippen molar-refractivity contribution in [1.82, 2.24) is 4.90 Å². The van der Waals surface area contributed by atoms with Gasteiger partial charge in [-0.05, 0) is 31.5 Å². The minimum Gasteiger partial charge on any atom is -0.479 e. The Balaban J connectivity index is 2.04. The molecule has 124 valence electrons. The fourth-order valence-corrected chi connectivity index (χ4v) is 4.45. The molecule has 1 aliphatic rings. The molecule has 0 radical (unpaired) electrons.